The van der Waals surface area contributed by atoms with Crippen LogP contribution in [0.2, 0.25) is 0 Å². The number of alkyl carbamates (subject to hydrolysis) is 1. The van der Waals surface area contributed by atoms with E-state index in [1.807, 2.05) is 17.4 Å². The van der Waals surface area contributed by atoms with Crippen molar-refractivity contribution in [1.29, 1.82) is 10.8 Å². The summed E-state index contributed by atoms with van der Waals surface area (Å²) in [4.78, 5) is 35.4. The predicted octanol–water partition coefficient (Wildman–Crippen LogP) is 4.64. The van der Waals surface area contributed by atoms with Crippen LogP contribution in [-0.2, 0) is 32.0 Å². The zero-order valence-electron chi connectivity index (χ0n) is 35.2. The summed E-state index contributed by atoms with van der Waals surface area (Å²) >= 11 is 0. The van der Waals surface area contributed by atoms with Crippen LogP contribution in [0.5, 0.6) is 0 Å². The number of carbonyl (C=O) groups excluding carboxylic acids is 2. The number of fused-ring (bicyclic) bond motifs is 2. The van der Waals surface area contributed by atoms with E-state index in [1.165, 1.54) is 19.8 Å². The molecule has 2 amide bonds. The summed E-state index contributed by atoms with van der Waals surface area (Å²) in [7, 11) is 0.927. The van der Waals surface area contributed by atoms with Gasteiger partial charge in [0, 0.05) is 73.6 Å². The van der Waals surface area contributed by atoms with Crippen LogP contribution in [0.1, 0.15) is 61.4 Å². The quantitative estimate of drug-likeness (QED) is 0.0577. The van der Waals surface area contributed by atoms with Gasteiger partial charge in [-0.25, -0.2) is 18.6 Å². The monoisotopic (exact) mass is 882 g/mol. The van der Waals surface area contributed by atoms with E-state index in [-0.39, 0.29) is 17.9 Å². The largest absolute Gasteiger partial charge is 0.453 e. The van der Waals surface area contributed by atoms with Crippen LogP contribution in [0, 0.1) is 39.7 Å². The number of hydrogen-bond donors (Lipinski definition) is 6. The van der Waals surface area contributed by atoms with Gasteiger partial charge in [-0.2, -0.15) is 13.2 Å². The first-order chi connectivity index (χ1) is 29.8. The zero-order valence-corrected chi connectivity index (χ0v) is 35.2. The molecule has 14 nitrogen and oxygen atoms in total. The first-order valence-electron chi connectivity index (χ1n) is 20.4. The molecule has 5 atom stereocenters. The first-order valence-corrected chi connectivity index (χ1v) is 20.4. The number of anilines is 1. The molecule has 2 aromatic carbocycles. The number of benzene rings is 2. The van der Waals surface area contributed by atoms with Crippen molar-refractivity contribution < 1.29 is 50.9 Å². The van der Waals surface area contributed by atoms with Crippen molar-refractivity contribution in [2.24, 2.45) is 5.41 Å². The number of aliphatic hydroxyl groups is 1. The van der Waals surface area contributed by atoms with Gasteiger partial charge in [0.05, 0.1) is 43.9 Å². The van der Waals surface area contributed by atoms with Gasteiger partial charge >= 0.3 is 12.3 Å². The van der Waals surface area contributed by atoms with Crippen LogP contribution in [0.25, 0.3) is 0 Å². The molecule has 6 rings (SSSR count). The molecule has 3 fully saturated rings. The second kappa shape index (κ2) is 19.8. The Bertz CT molecular complexity index is 2170. The number of carbonyl (C=O) groups is 2. The molecule has 1 aromatic heterocycles. The standard InChI is InChI=1S/C44H51F5N8O6/c1-25(50)63-40(51)29-16-34(45)33(35(46)17-29)19-52-20-37(58)36(54-41(59)39(55-42(60)61-4)43(2,3)44(47,48)49)15-27-8-5-26(6-9-27)7-10-28-11-14-38(53-18-28)56-21-30-12-13-31(22-56)57(30)32-23-62-24-32/h5-6,8-9,11,14,16-18,30-32,36-37,39,50-52,58H,12-13,15,19-24H2,1-4H3,(H,54,59)(H,55,60)/t30?,31?,36-,37-,39?/m0/s1. The molecule has 63 heavy (non-hydrogen) atoms. The number of aliphatic hydroxyl groups excluding tert-OH is 1. The molecular weight excluding hydrogens is 832 g/mol. The molecule has 3 aliphatic rings. The molecule has 3 aliphatic heterocycles. The van der Waals surface area contributed by atoms with Crippen LogP contribution in [0.3, 0.4) is 0 Å². The summed E-state index contributed by atoms with van der Waals surface area (Å²) in [5.74, 6) is 2.73. The van der Waals surface area contributed by atoms with E-state index in [0.717, 1.165) is 65.2 Å². The molecule has 19 heteroatoms. The van der Waals surface area contributed by atoms with Gasteiger partial charge in [-0.1, -0.05) is 24.0 Å². The van der Waals surface area contributed by atoms with Crippen LogP contribution >= 0.6 is 0 Å². The molecule has 0 radical (unpaired) electrons. The Labute approximate surface area is 361 Å². The molecule has 3 saturated heterocycles. The maximum atomic E-state index is 15.0. The molecule has 0 aliphatic carbocycles. The Morgan fingerprint density at radius 2 is 1.59 bits per heavy atom. The van der Waals surface area contributed by atoms with Crippen LogP contribution in [0.4, 0.5) is 32.6 Å². The van der Waals surface area contributed by atoms with E-state index in [1.54, 1.807) is 30.5 Å². The third kappa shape index (κ3) is 11.3. The fraction of sp³-hybridized carbons (Fsp3) is 0.477. The number of alkyl halides is 3. The van der Waals surface area contributed by atoms with Gasteiger partial charge in [-0.05, 0) is 75.1 Å². The van der Waals surface area contributed by atoms with Crippen LogP contribution in [0.15, 0.2) is 54.7 Å². The van der Waals surface area contributed by atoms with Gasteiger partial charge in [-0.3, -0.25) is 20.5 Å². The van der Waals surface area contributed by atoms with Crippen molar-refractivity contribution in [2.45, 2.75) is 89.1 Å². The number of rotatable bonds is 14. The third-order valence-corrected chi connectivity index (χ3v) is 11.7. The highest BCUT2D eigenvalue weighted by atomic mass is 19.4. The topological polar surface area (TPSA) is 185 Å². The Morgan fingerprint density at radius 1 is 0.968 bits per heavy atom. The summed E-state index contributed by atoms with van der Waals surface area (Å²) in [6, 6.07) is 10.3. The lowest BCUT2D eigenvalue weighted by Gasteiger charge is -2.47. The summed E-state index contributed by atoms with van der Waals surface area (Å²) in [5.41, 5.74) is -1.64. The Balaban J connectivity index is 1.13. The lowest BCUT2D eigenvalue weighted by atomic mass is 9.82. The number of aromatic nitrogens is 1. The summed E-state index contributed by atoms with van der Waals surface area (Å²) in [5, 5.41) is 33.6. The minimum Gasteiger partial charge on any atom is -0.453 e. The number of ether oxygens (including phenoxy) is 3. The molecule has 3 unspecified atom stereocenters. The first kappa shape index (κ1) is 46.8. The van der Waals surface area contributed by atoms with E-state index in [4.69, 9.17) is 25.3 Å². The number of halogens is 5. The Kier molecular flexibility index (Phi) is 14.7. The van der Waals surface area contributed by atoms with Gasteiger partial charge in [0.15, 0.2) is 5.90 Å². The van der Waals surface area contributed by atoms with E-state index < -0.39 is 78.0 Å². The van der Waals surface area contributed by atoms with Gasteiger partial charge in [0.2, 0.25) is 11.8 Å². The van der Waals surface area contributed by atoms with E-state index in [2.05, 4.69) is 37.0 Å². The van der Waals surface area contributed by atoms with Crippen molar-refractivity contribution in [1.82, 2.24) is 25.8 Å². The summed E-state index contributed by atoms with van der Waals surface area (Å²) in [6.07, 6.45) is -3.86. The van der Waals surface area contributed by atoms with Gasteiger partial charge in [0.25, 0.3) is 0 Å². The number of hydrogen-bond acceptors (Lipinski definition) is 12. The lowest BCUT2D eigenvalue weighted by molar-refractivity contribution is -0.220. The molecule has 2 bridgehead atoms. The highest BCUT2D eigenvalue weighted by Crippen LogP contribution is 2.41. The van der Waals surface area contributed by atoms with Gasteiger partial charge < -0.3 is 40.2 Å². The van der Waals surface area contributed by atoms with Crippen molar-refractivity contribution >= 4 is 29.6 Å². The second-order valence-corrected chi connectivity index (χ2v) is 16.5. The van der Waals surface area contributed by atoms with Crippen molar-refractivity contribution in [2.75, 3.05) is 44.9 Å². The average molecular weight is 883 g/mol. The van der Waals surface area contributed by atoms with E-state index in [9.17, 15) is 36.6 Å². The molecule has 0 saturated carbocycles. The van der Waals surface area contributed by atoms with E-state index in [0.29, 0.717) is 34.8 Å². The number of methoxy groups -OCH3 is 1. The van der Waals surface area contributed by atoms with Crippen LogP contribution in [-0.4, -0.2) is 121 Å². The normalized spacial score (nSPS) is 19.2. The van der Waals surface area contributed by atoms with Crippen LogP contribution < -0.4 is 20.9 Å². The maximum Gasteiger partial charge on any atom is 0.407 e. The van der Waals surface area contributed by atoms with Crippen molar-refractivity contribution in [3.8, 4) is 11.8 Å². The molecular formula is C44H51F5N8O6. The molecule has 4 heterocycles. The lowest BCUT2D eigenvalue weighted by Crippen LogP contribution is -2.62. The molecule has 6 N–H and O–H groups in total. The number of piperazine rings is 1. The predicted molar refractivity (Wildman–Crippen MR) is 222 cm³/mol. The number of amides is 2. The van der Waals surface area contributed by atoms with E-state index >= 15 is 0 Å². The summed E-state index contributed by atoms with van der Waals surface area (Å²) in [6.45, 7) is 5.27. The van der Waals surface area contributed by atoms with Crippen molar-refractivity contribution in [3.05, 3.63) is 94.2 Å². The third-order valence-electron chi connectivity index (χ3n) is 11.7. The average Bonchev–Trinajstić information content (AvgIpc) is 3.44. The fourth-order valence-corrected chi connectivity index (χ4v) is 7.95. The highest BCUT2D eigenvalue weighted by Gasteiger charge is 2.56. The number of pyridine rings is 1. The number of nitrogens with zero attached hydrogens (tertiary/aromatic N) is 3. The fourth-order valence-electron chi connectivity index (χ4n) is 7.95. The smallest absolute Gasteiger partial charge is 0.407 e. The maximum absolute atomic E-state index is 15.0. The zero-order chi connectivity index (χ0) is 45.6. The molecule has 0 spiro atoms. The van der Waals surface area contributed by atoms with Gasteiger partial charge in [-0.15, -0.1) is 0 Å². The highest BCUT2D eigenvalue weighted by molar-refractivity contribution is 5.98. The number of nitrogens with one attached hydrogen (secondary N) is 5. The second-order valence-electron chi connectivity index (χ2n) is 16.5. The Morgan fingerprint density at radius 3 is 2.13 bits per heavy atom. The summed E-state index contributed by atoms with van der Waals surface area (Å²) < 4.78 is 87.2. The SMILES string of the molecule is COC(=O)NC(C(=O)N[C@@H](Cc1ccc(C#Cc2ccc(N3CC4CCC(C3)N4C3COC3)nc2)cc1)[C@@H](O)CNCc1c(F)cc(C(=N)OC(C)=N)cc1F)C(C)(C)C(F)(F)F. The molecule has 3 aromatic rings. The Hall–Kier alpha value is -5.68. The van der Waals surface area contributed by atoms with Crippen molar-refractivity contribution in [3.63, 3.8) is 0 Å². The minimum absolute atomic E-state index is 0.124. The molecule has 338 valence electrons. The minimum atomic E-state index is -4.96. The van der Waals surface area contributed by atoms with Gasteiger partial charge in [0.1, 0.15) is 23.5 Å².